The van der Waals surface area contributed by atoms with Gasteiger partial charge in [-0.15, -0.1) is 0 Å². The Bertz CT molecular complexity index is 662. The Hall–Kier alpha value is -2.81. The lowest BCUT2D eigenvalue weighted by molar-refractivity contribution is -0.127. The van der Waals surface area contributed by atoms with Gasteiger partial charge in [0.1, 0.15) is 23.4 Å². The van der Waals surface area contributed by atoms with Gasteiger partial charge in [0.25, 0.3) is 5.91 Å². The lowest BCUT2D eigenvalue weighted by Crippen LogP contribution is -2.35. The quantitative estimate of drug-likeness (QED) is 0.916. The summed E-state index contributed by atoms with van der Waals surface area (Å²) in [4.78, 5) is 11.8. The summed E-state index contributed by atoms with van der Waals surface area (Å²) in [5.74, 6) is -0.221. The zero-order valence-electron chi connectivity index (χ0n) is 11.3. The fraction of sp³-hybridized carbons (Fsp3) is 0.200. The van der Waals surface area contributed by atoms with Gasteiger partial charge in [-0.3, -0.25) is 4.79 Å². The molecule has 0 saturated heterocycles. The topological polar surface area (TPSA) is 75.3 Å². The molecule has 1 heterocycles. The summed E-state index contributed by atoms with van der Waals surface area (Å²) >= 11 is 0. The van der Waals surface area contributed by atoms with Gasteiger partial charge in [0.15, 0.2) is 6.10 Å². The Morgan fingerprint density at radius 2 is 2.33 bits per heavy atom. The second-order valence-electron chi connectivity index (χ2n) is 4.31. The van der Waals surface area contributed by atoms with E-state index in [-0.39, 0.29) is 23.8 Å². The van der Waals surface area contributed by atoms with Crippen molar-refractivity contribution in [2.45, 2.75) is 19.6 Å². The molecule has 6 heteroatoms. The van der Waals surface area contributed by atoms with E-state index in [0.29, 0.717) is 5.76 Å². The molecule has 2 rings (SSSR count). The van der Waals surface area contributed by atoms with Crippen LogP contribution in [0, 0.1) is 17.1 Å². The molecule has 1 amide bonds. The molecule has 1 N–H and O–H groups in total. The predicted octanol–water partition coefficient (Wildman–Crippen LogP) is 2.37. The van der Waals surface area contributed by atoms with Crippen molar-refractivity contribution in [3.63, 3.8) is 0 Å². The number of halogens is 1. The molecule has 5 nitrogen and oxygen atoms in total. The Morgan fingerprint density at radius 3 is 2.95 bits per heavy atom. The van der Waals surface area contributed by atoms with E-state index >= 15 is 0 Å². The first-order chi connectivity index (χ1) is 10.1. The number of amides is 1. The molecule has 0 aliphatic carbocycles. The minimum Gasteiger partial charge on any atom is -0.481 e. The number of hydrogen-bond acceptors (Lipinski definition) is 4. The molecule has 1 aromatic carbocycles. The summed E-state index contributed by atoms with van der Waals surface area (Å²) in [7, 11) is 0. The Morgan fingerprint density at radius 1 is 1.52 bits per heavy atom. The number of nitrogens with zero attached hydrogens (tertiary/aromatic N) is 1. The molecule has 0 aliphatic rings. The van der Waals surface area contributed by atoms with Crippen molar-refractivity contribution in [3.05, 3.63) is 53.7 Å². The van der Waals surface area contributed by atoms with Gasteiger partial charge in [-0.25, -0.2) is 4.39 Å². The third-order valence-corrected chi connectivity index (χ3v) is 2.76. The Balaban J connectivity index is 1.91. The number of hydrogen-bond donors (Lipinski definition) is 1. The highest BCUT2D eigenvalue weighted by molar-refractivity contribution is 5.80. The van der Waals surface area contributed by atoms with Crippen molar-refractivity contribution in [1.82, 2.24) is 5.32 Å². The van der Waals surface area contributed by atoms with E-state index in [2.05, 4.69) is 5.32 Å². The molecule has 0 saturated carbocycles. The van der Waals surface area contributed by atoms with Crippen LogP contribution >= 0.6 is 0 Å². The molecule has 0 aliphatic heterocycles. The van der Waals surface area contributed by atoms with Crippen LogP contribution in [0.2, 0.25) is 0 Å². The van der Waals surface area contributed by atoms with E-state index in [1.165, 1.54) is 18.4 Å². The fourth-order valence-corrected chi connectivity index (χ4v) is 1.65. The maximum atomic E-state index is 13.4. The summed E-state index contributed by atoms with van der Waals surface area (Å²) in [5.41, 5.74) is -0.0720. The van der Waals surface area contributed by atoms with Crippen LogP contribution in [0.25, 0.3) is 0 Å². The predicted molar refractivity (Wildman–Crippen MR) is 71.8 cm³/mol. The standard InChI is InChI=1S/C15H13FN2O3/c1-10(15(19)18-9-13-3-2-6-20-13)21-12-5-4-11(8-17)14(16)7-12/h2-7,10H,9H2,1H3,(H,18,19). The van der Waals surface area contributed by atoms with Crippen molar-refractivity contribution in [2.24, 2.45) is 0 Å². The van der Waals surface area contributed by atoms with Gasteiger partial charge in [-0.2, -0.15) is 5.26 Å². The number of nitrogens with one attached hydrogen (secondary N) is 1. The molecule has 0 radical (unpaired) electrons. The molecule has 1 atom stereocenters. The molecular formula is C15H13FN2O3. The molecule has 0 bridgehead atoms. The SMILES string of the molecule is CC(Oc1ccc(C#N)c(F)c1)C(=O)NCc1ccco1. The summed E-state index contributed by atoms with van der Waals surface area (Å²) in [6, 6.07) is 9.00. The molecule has 1 unspecified atom stereocenters. The first-order valence-corrected chi connectivity index (χ1v) is 6.26. The lowest BCUT2D eigenvalue weighted by atomic mass is 10.2. The van der Waals surface area contributed by atoms with Gasteiger partial charge in [0, 0.05) is 6.07 Å². The highest BCUT2D eigenvalue weighted by Crippen LogP contribution is 2.17. The van der Waals surface area contributed by atoms with Gasteiger partial charge in [-0.05, 0) is 31.2 Å². The van der Waals surface area contributed by atoms with Crippen LogP contribution in [0.3, 0.4) is 0 Å². The van der Waals surface area contributed by atoms with Crippen LogP contribution in [-0.4, -0.2) is 12.0 Å². The third-order valence-electron chi connectivity index (χ3n) is 2.76. The lowest BCUT2D eigenvalue weighted by Gasteiger charge is -2.14. The number of carbonyl (C=O) groups excluding carboxylic acids is 1. The highest BCUT2D eigenvalue weighted by Gasteiger charge is 2.15. The second kappa shape index (κ2) is 6.57. The van der Waals surface area contributed by atoms with Crippen LogP contribution in [0.15, 0.2) is 41.0 Å². The smallest absolute Gasteiger partial charge is 0.261 e. The first kappa shape index (κ1) is 14.6. The average Bonchev–Trinajstić information content (AvgIpc) is 2.98. The van der Waals surface area contributed by atoms with E-state index in [1.54, 1.807) is 25.1 Å². The number of furan rings is 1. The van der Waals surface area contributed by atoms with E-state index in [0.717, 1.165) is 6.07 Å². The van der Waals surface area contributed by atoms with E-state index < -0.39 is 11.9 Å². The van der Waals surface area contributed by atoms with Crippen molar-refractivity contribution in [2.75, 3.05) is 0 Å². The number of nitriles is 1. The van der Waals surface area contributed by atoms with Crippen LogP contribution in [0.4, 0.5) is 4.39 Å². The van der Waals surface area contributed by atoms with Gasteiger partial charge in [0.05, 0.1) is 18.4 Å². The number of ether oxygens (including phenoxy) is 1. The summed E-state index contributed by atoms with van der Waals surface area (Å²) in [6.07, 6.45) is 0.716. The molecular weight excluding hydrogens is 275 g/mol. The third kappa shape index (κ3) is 3.83. The Kier molecular flexibility index (Phi) is 4.57. The summed E-state index contributed by atoms with van der Waals surface area (Å²) in [5, 5.41) is 11.3. The maximum absolute atomic E-state index is 13.4. The van der Waals surface area contributed by atoms with Crippen LogP contribution in [-0.2, 0) is 11.3 Å². The fourth-order valence-electron chi connectivity index (χ4n) is 1.65. The zero-order valence-corrected chi connectivity index (χ0v) is 11.3. The molecule has 21 heavy (non-hydrogen) atoms. The minimum atomic E-state index is -0.799. The normalized spacial score (nSPS) is 11.5. The van der Waals surface area contributed by atoms with Crippen molar-refractivity contribution in [1.29, 1.82) is 5.26 Å². The van der Waals surface area contributed by atoms with Gasteiger partial charge in [0.2, 0.25) is 0 Å². The van der Waals surface area contributed by atoms with Crippen LogP contribution < -0.4 is 10.1 Å². The molecule has 108 valence electrons. The van der Waals surface area contributed by atoms with Crippen molar-refractivity contribution < 1.29 is 18.3 Å². The second-order valence-corrected chi connectivity index (χ2v) is 4.31. The molecule has 1 aromatic heterocycles. The highest BCUT2D eigenvalue weighted by atomic mass is 19.1. The minimum absolute atomic E-state index is 0.0720. The average molecular weight is 288 g/mol. The number of rotatable bonds is 5. The van der Waals surface area contributed by atoms with Gasteiger partial charge >= 0.3 is 0 Å². The van der Waals surface area contributed by atoms with Gasteiger partial charge in [-0.1, -0.05) is 0 Å². The number of carbonyl (C=O) groups is 1. The Labute approximate surface area is 120 Å². The van der Waals surface area contributed by atoms with Crippen molar-refractivity contribution >= 4 is 5.91 Å². The van der Waals surface area contributed by atoms with E-state index in [9.17, 15) is 9.18 Å². The monoisotopic (exact) mass is 288 g/mol. The molecule has 2 aromatic rings. The summed E-state index contributed by atoms with van der Waals surface area (Å²) < 4.78 is 23.8. The molecule has 0 spiro atoms. The van der Waals surface area contributed by atoms with Crippen LogP contribution in [0.1, 0.15) is 18.2 Å². The summed E-state index contributed by atoms with van der Waals surface area (Å²) in [6.45, 7) is 1.80. The first-order valence-electron chi connectivity index (χ1n) is 6.26. The van der Waals surface area contributed by atoms with E-state index in [4.69, 9.17) is 14.4 Å². The molecule has 0 fully saturated rings. The van der Waals surface area contributed by atoms with Crippen molar-refractivity contribution in [3.8, 4) is 11.8 Å². The maximum Gasteiger partial charge on any atom is 0.261 e. The largest absolute Gasteiger partial charge is 0.481 e. The zero-order chi connectivity index (χ0) is 15.2. The van der Waals surface area contributed by atoms with Crippen LogP contribution in [0.5, 0.6) is 5.75 Å². The van der Waals surface area contributed by atoms with E-state index in [1.807, 2.05) is 0 Å². The number of benzene rings is 1. The van der Waals surface area contributed by atoms with Gasteiger partial charge < -0.3 is 14.5 Å².